The van der Waals surface area contributed by atoms with Gasteiger partial charge in [-0.1, -0.05) is 18.2 Å². The van der Waals surface area contributed by atoms with Crippen LogP contribution in [0.3, 0.4) is 0 Å². The highest BCUT2D eigenvalue weighted by molar-refractivity contribution is 5.94. The Morgan fingerprint density at radius 1 is 1.13 bits per heavy atom. The van der Waals surface area contributed by atoms with Gasteiger partial charge in [-0.2, -0.15) is 0 Å². The topological polar surface area (TPSA) is 95.0 Å². The zero-order chi connectivity index (χ0) is 21.8. The van der Waals surface area contributed by atoms with Gasteiger partial charge in [0.05, 0.1) is 6.54 Å². The van der Waals surface area contributed by atoms with Crippen molar-refractivity contribution in [2.75, 3.05) is 26.2 Å². The van der Waals surface area contributed by atoms with Crippen LogP contribution in [0.4, 0.5) is 4.39 Å². The summed E-state index contributed by atoms with van der Waals surface area (Å²) in [5, 5.41) is 18.6. The summed E-state index contributed by atoms with van der Waals surface area (Å²) < 4.78 is 19.3. The highest BCUT2D eigenvalue weighted by Crippen LogP contribution is 2.17. The van der Waals surface area contributed by atoms with Crippen LogP contribution in [-0.4, -0.2) is 49.3 Å². The van der Waals surface area contributed by atoms with Crippen molar-refractivity contribution in [3.8, 4) is 11.5 Å². The number of para-hydroxylation sites is 1. The Balaban J connectivity index is 1.72. The molecule has 0 heterocycles. The molecule has 162 valence electrons. The van der Waals surface area contributed by atoms with Crippen LogP contribution in [0.5, 0.6) is 11.5 Å². The SMILES string of the molecule is CCNC(=NCC(C)Oc1ccccc1F)NCCCNC(=O)c1cccc(O)c1. The fourth-order valence-electron chi connectivity index (χ4n) is 2.60. The second-order valence-electron chi connectivity index (χ2n) is 6.67. The molecule has 0 radical (unpaired) electrons. The van der Waals surface area contributed by atoms with Crippen LogP contribution < -0.4 is 20.7 Å². The zero-order valence-corrected chi connectivity index (χ0v) is 17.3. The number of guanidine groups is 1. The van der Waals surface area contributed by atoms with Crippen LogP contribution in [0, 0.1) is 5.82 Å². The molecule has 0 aliphatic heterocycles. The van der Waals surface area contributed by atoms with E-state index in [2.05, 4.69) is 20.9 Å². The fraction of sp³-hybridized carbons (Fsp3) is 0.364. The summed E-state index contributed by atoms with van der Waals surface area (Å²) in [5.74, 6) is 0.266. The Hall–Kier alpha value is -3.29. The summed E-state index contributed by atoms with van der Waals surface area (Å²) in [7, 11) is 0. The monoisotopic (exact) mass is 416 g/mol. The summed E-state index contributed by atoms with van der Waals surface area (Å²) in [6.45, 7) is 5.94. The molecule has 0 bridgehead atoms. The van der Waals surface area contributed by atoms with Gasteiger partial charge in [0.1, 0.15) is 11.9 Å². The quantitative estimate of drug-likeness (QED) is 0.271. The zero-order valence-electron chi connectivity index (χ0n) is 17.3. The number of aliphatic imine (C=N–C) groups is 1. The standard InChI is InChI=1S/C22H29FN4O3/c1-3-24-22(27-15-16(2)30-20-11-5-4-10-19(20)23)26-13-7-12-25-21(29)17-8-6-9-18(28)14-17/h4-6,8-11,14,16,28H,3,7,12-13,15H2,1-2H3,(H,25,29)(H2,24,26,27). The lowest BCUT2D eigenvalue weighted by molar-refractivity contribution is 0.0953. The molecule has 8 heteroatoms. The van der Waals surface area contributed by atoms with Gasteiger partial charge < -0.3 is 25.8 Å². The van der Waals surface area contributed by atoms with Crippen molar-refractivity contribution in [1.82, 2.24) is 16.0 Å². The van der Waals surface area contributed by atoms with Gasteiger partial charge in [0.2, 0.25) is 0 Å². The van der Waals surface area contributed by atoms with Gasteiger partial charge in [-0.3, -0.25) is 4.79 Å². The van der Waals surface area contributed by atoms with Crippen LogP contribution in [0.2, 0.25) is 0 Å². The molecule has 1 unspecified atom stereocenters. The number of hydrogen-bond donors (Lipinski definition) is 4. The molecule has 30 heavy (non-hydrogen) atoms. The smallest absolute Gasteiger partial charge is 0.251 e. The van der Waals surface area contributed by atoms with Crippen molar-refractivity contribution in [3.05, 3.63) is 59.9 Å². The minimum atomic E-state index is -0.397. The second-order valence-corrected chi connectivity index (χ2v) is 6.67. The lowest BCUT2D eigenvalue weighted by atomic mass is 10.2. The van der Waals surface area contributed by atoms with E-state index in [9.17, 15) is 14.3 Å². The Bertz CT molecular complexity index is 845. The van der Waals surface area contributed by atoms with E-state index in [0.29, 0.717) is 44.1 Å². The Morgan fingerprint density at radius 3 is 2.63 bits per heavy atom. The lowest BCUT2D eigenvalue weighted by Gasteiger charge is -2.15. The van der Waals surface area contributed by atoms with Gasteiger partial charge in [0, 0.05) is 25.2 Å². The average Bonchev–Trinajstić information content (AvgIpc) is 2.73. The number of hydrogen-bond acceptors (Lipinski definition) is 4. The maximum Gasteiger partial charge on any atom is 0.251 e. The summed E-state index contributed by atoms with van der Waals surface area (Å²) in [6.07, 6.45) is 0.398. The Labute approximate surface area is 176 Å². The second kappa shape index (κ2) is 12.3. The van der Waals surface area contributed by atoms with Gasteiger partial charge in [-0.25, -0.2) is 9.38 Å². The first-order chi connectivity index (χ1) is 14.5. The van der Waals surface area contributed by atoms with E-state index in [0.717, 1.165) is 0 Å². The largest absolute Gasteiger partial charge is 0.508 e. The van der Waals surface area contributed by atoms with Crippen molar-refractivity contribution in [2.24, 2.45) is 4.99 Å². The number of phenolic OH excluding ortho intramolecular Hbond substituents is 1. The Kier molecular flexibility index (Phi) is 9.44. The highest BCUT2D eigenvalue weighted by Gasteiger charge is 2.08. The molecule has 1 atom stereocenters. The van der Waals surface area contributed by atoms with Gasteiger partial charge >= 0.3 is 0 Å². The molecule has 4 N–H and O–H groups in total. The number of rotatable bonds is 10. The van der Waals surface area contributed by atoms with E-state index in [1.807, 2.05) is 13.8 Å². The first kappa shape index (κ1) is 23.0. The number of amides is 1. The Morgan fingerprint density at radius 2 is 1.90 bits per heavy atom. The number of aromatic hydroxyl groups is 1. The van der Waals surface area contributed by atoms with Crippen LogP contribution >= 0.6 is 0 Å². The van der Waals surface area contributed by atoms with Crippen LogP contribution in [0.15, 0.2) is 53.5 Å². The summed E-state index contributed by atoms with van der Waals surface area (Å²) >= 11 is 0. The maximum atomic E-state index is 13.7. The molecule has 0 fully saturated rings. The van der Waals surface area contributed by atoms with Crippen LogP contribution in [0.1, 0.15) is 30.6 Å². The van der Waals surface area contributed by atoms with Crippen molar-refractivity contribution < 1.29 is 19.0 Å². The molecule has 0 aliphatic rings. The van der Waals surface area contributed by atoms with Gasteiger partial charge in [-0.15, -0.1) is 0 Å². The van der Waals surface area contributed by atoms with Crippen molar-refractivity contribution in [2.45, 2.75) is 26.4 Å². The molecule has 1 amide bonds. The van der Waals surface area contributed by atoms with E-state index in [1.54, 1.807) is 30.3 Å². The van der Waals surface area contributed by atoms with Crippen molar-refractivity contribution >= 4 is 11.9 Å². The molecule has 7 nitrogen and oxygen atoms in total. The molecular formula is C22H29FN4O3. The summed E-state index contributed by atoms with van der Waals surface area (Å²) in [5.41, 5.74) is 0.418. The average molecular weight is 416 g/mol. The summed E-state index contributed by atoms with van der Waals surface area (Å²) in [4.78, 5) is 16.5. The third-order valence-electron chi connectivity index (χ3n) is 4.06. The van der Waals surface area contributed by atoms with Crippen LogP contribution in [-0.2, 0) is 0 Å². The number of benzene rings is 2. The van der Waals surface area contributed by atoms with Crippen LogP contribution in [0.25, 0.3) is 0 Å². The molecule has 0 saturated heterocycles. The van der Waals surface area contributed by atoms with Gasteiger partial charge in [0.25, 0.3) is 5.91 Å². The molecule has 0 spiro atoms. The first-order valence-corrected chi connectivity index (χ1v) is 10.00. The number of carbonyl (C=O) groups is 1. The molecule has 0 aromatic heterocycles. The molecule has 0 saturated carbocycles. The normalized spacial score (nSPS) is 12.2. The predicted octanol–water partition coefficient (Wildman–Crippen LogP) is 2.67. The molecule has 0 aliphatic carbocycles. The number of nitrogens with zero attached hydrogens (tertiary/aromatic N) is 1. The lowest BCUT2D eigenvalue weighted by Crippen LogP contribution is -2.39. The highest BCUT2D eigenvalue weighted by atomic mass is 19.1. The number of carbonyl (C=O) groups excluding carboxylic acids is 1. The predicted molar refractivity (Wildman–Crippen MR) is 116 cm³/mol. The minimum Gasteiger partial charge on any atom is -0.508 e. The number of nitrogens with one attached hydrogen (secondary N) is 3. The molecule has 2 aromatic carbocycles. The van der Waals surface area contributed by atoms with Crippen molar-refractivity contribution in [3.63, 3.8) is 0 Å². The number of ether oxygens (including phenoxy) is 1. The van der Waals surface area contributed by atoms with E-state index < -0.39 is 5.82 Å². The fourth-order valence-corrected chi connectivity index (χ4v) is 2.60. The van der Waals surface area contributed by atoms with E-state index in [-0.39, 0.29) is 23.5 Å². The number of halogens is 1. The molecule has 2 rings (SSSR count). The van der Waals surface area contributed by atoms with Gasteiger partial charge in [-0.05, 0) is 50.6 Å². The minimum absolute atomic E-state index is 0.0593. The first-order valence-electron chi connectivity index (χ1n) is 10.00. The van der Waals surface area contributed by atoms with E-state index in [4.69, 9.17) is 4.74 Å². The number of phenols is 1. The molecular weight excluding hydrogens is 387 g/mol. The maximum absolute atomic E-state index is 13.7. The van der Waals surface area contributed by atoms with E-state index >= 15 is 0 Å². The molecule has 2 aromatic rings. The van der Waals surface area contributed by atoms with Crippen molar-refractivity contribution in [1.29, 1.82) is 0 Å². The third kappa shape index (κ3) is 7.98. The summed E-state index contributed by atoms with van der Waals surface area (Å²) in [6, 6.07) is 12.5. The van der Waals surface area contributed by atoms with E-state index in [1.165, 1.54) is 18.2 Å². The third-order valence-corrected chi connectivity index (χ3v) is 4.06. The van der Waals surface area contributed by atoms with Gasteiger partial charge in [0.15, 0.2) is 17.5 Å².